The van der Waals surface area contributed by atoms with Crippen LogP contribution < -0.4 is 0 Å². The molecule has 1 aliphatic heterocycles. The number of rotatable bonds is 3. The molecular weight excluding hydrogens is 301 g/mol. The highest BCUT2D eigenvalue weighted by atomic mass is 35.5. The Bertz CT molecular complexity index is 688. The Morgan fingerprint density at radius 3 is 2.82 bits per heavy atom. The Morgan fingerprint density at radius 2 is 2.05 bits per heavy atom. The van der Waals surface area contributed by atoms with Crippen LogP contribution in [0.1, 0.15) is 30.0 Å². The van der Waals surface area contributed by atoms with Gasteiger partial charge in [0.2, 0.25) is 5.91 Å². The van der Waals surface area contributed by atoms with E-state index >= 15 is 0 Å². The fourth-order valence-corrected chi connectivity index (χ4v) is 3.27. The van der Waals surface area contributed by atoms with Crippen LogP contribution in [0.2, 0.25) is 5.02 Å². The summed E-state index contributed by atoms with van der Waals surface area (Å²) in [6.07, 6.45) is 2.01. The molecule has 2 nitrogen and oxygen atoms in total. The molecule has 1 aliphatic rings. The van der Waals surface area contributed by atoms with Crippen molar-refractivity contribution in [2.24, 2.45) is 0 Å². The molecule has 0 spiro atoms. The van der Waals surface area contributed by atoms with E-state index in [9.17, 15) is 9.18 Å². The number of halogens is 2. The Balaban J connectivity index is 1.78. The minimum atomic E-state index is -0.241. The van der Waals surface area contributed by atoms with Crippen LogP contribution in [0.4, 0.5) is 4.39 Å². The monoisotopic (exact) mass is 317 g/mol. The van der Waals surface area contributed by atoms with E-state index < -0.39 is 0 Å². The highest BCUT2D eigenvalue weighted by molar-refractivity contribution is 6.30. The van der Waals surface area contributed by atoms with E-state index in [0.29, 0.717) is 23.6 Å². The molecule has 2 aromatic rings. The molecule has 4 heteroatoms. The predicted octanol–water partition coefficient (Wildman–Crippen LogP) is 4.39. The topological polar surface area (TPSA) is 20.3 Å². The van der Waals surface area contributed by atoms with Crippen molar-refractivity contribution in [3.63, 3.8) is 0 Å². The maximum Gasteiger partial charge on any atom is 0.227 e. The van der Waals surface area contributed by atoms with Gasteiger partial charge in [-0.1, -0.05) is 41.9 Å². The SMILES string of the molecule is O=C(Cc1cccc(Cl)c1)N1CCC[C@H]1c1ccccc1F. The van der Waals surface area contributed by atoms with Crippen LogP contribution in [-0.2, 0) is 11.2 Å². The lowest BCUT2D eigenvalue weighted by Crippen LogP contribution is -2.32. The van der Waals surface area contributed by atoms with E-state index in [1.54, 1.807) is 29.2 Å². The minimum absolute atomic E-state index is 0.0213. The van der Waals surface area contributed by atoms with Crippen LogP contribution in [0.25, 0.3) is 0 Å². The van der Waals surface area contributed by atoms with Crippen molar-refractivity contribution in [3.8, 4) is 0 Å². The summed E-state index contributed by atoms with van der Waals surface area (Å²) in [6.45, 7) is 0.679. The summed E-state index contributed by atoms with van der Waals surface area (Å²) in [5.74, 6) is -0.219. The van der Waals surface area contributed by atoms with E-state index in [-0.39, 0.29) is 17.8 Å². The van der Waals surface area contributed by atoms with Gasteiger partial charge >= 0.3 is 0 Å². The van der Waals surface area contributed by atoms with Gasteiger partial charge < -0.3 is 4.90 Å². The summed E-state index contributed by atoms with van der Waals surface area (Å²) >= 11 is 5.96. The number of carbonyl (C=O) groups excluding carboxylic acids is 1. The summed E-state index contributed by atoms with van der Waals surface area (Å²) in [5.41, 5.74) is 1.50. The number of likely N-dealkylation sites (tertiary alicyclic amines) is 1. The standard InChI is InChI=1S/C18H17ClFNO/c19-14-6-3-5-13(11-14)12-18(22)21-10-4-9-17(21)15-7-1-2-8-16(15)20/h1-3,5-8,11,17H,4,9-10,12H2/t17-/m0/s1. The molecule has 0 unspecified atom stereocenters. The normalized spacial score (nSPS) is 17.7. The van der Waals surface area contributed by atoms with Gasteiger partial charge in [0, 0.05) is 17.1 Å². The summed E-state index contributed by atoms with van der Waals surface area (Å²) in [6, 6.07) is 13.9. The van der Waals surface area contributed by atoms with Crippen molar-refractivity contribution in [3.05, 3.63) is 70.5 Å². The van der Waals surface area contributed by atoms with Crippen molar-refractivity contribution in [1.29, 1.82) is 0 Å². The summed E-state index contributed by atoms with van der Waals surface area (Å²) < 4.78 is 14.0. The zero-order chi connectivity index (χ0) is 15.5. The molecule has 1 heterocycles. The Morgan fingerprint density at radius 1 is 1.23 bits per heavy atom. The van der Waals surface area contributed by atoms with Gasteiger partial charge in [0.15, 0.2) is 0 Å². The van der Waals surface area contributed by atoms with E-state index in [1.165, 1.54) is 6.07 Å². The number of carbonyl (C=O) groups is 1. The largest absolute Gasteiger partial charge is 0.335 e. The van der Waals surface area contributed by atoms with Crippen LogP contribution in [0, 0.1) is 5.82 Å². The zero-order valence-corrected chi connectivity index (χ0v) is 12.9. The Labute approximate surface area is 134 Å². The number of amides is 1. The molecule has 2 aromatic carbocycles. The molecule has 1 amide bonds. The third-order valence-corrected chi connectivity index (χ3v) is 4.32. The number of benzene rings is 2. The molecule has 22 heavy (non-hydrogen) atoms. The third-order valence-electron chi connectivity index (χ3n) is 4.08. The first-order chi connectivity index (χ1) is 10.6. The maximum atomic E-state index is 14.0. The van der Waals surface area contributed by atoms with E-state index in [2.05, 4.69) is 0 Å². The number of hydrogen-bond acceptors (Lipinski definition) is 1. The summed E-state index contributed by atoms with van der Waals surface area (Å²) in [7, 11) is 0. The average Bonchev–Trinajstić information content (AvgIpc) is 2.97. The lowest BCUT2D eigenvalue weighted by Gasteiger charge is -2.25. The van der Waals surface area contributed by atoms with Crippen LogP contribution in [0.5, 0.6) is 0 Å². The molecule has 1 saturated heterocycles. The fraction of sp³-hybridized carbons (Fsp3) is 0.278. The Hall–Kier alpha value is -1.87. The lowest BCUT2D eigenvalue weighted by molar-refractivity contribution is -0.131. The van der Waals surface area contributed by atoms with E-state index in [1.807, 2.05) is 18.2 Å². The van der Waals surface area contributed by atoms with Crippen LogP contribution in [0.3, 0.4) is 0 Å². The van der Waals surface area contributed by atoms with Gasteiger partial charge in [0.05, 0.1) is 12.5 Å². The molecule has 3 rings (SSSR count). The number of nitrogens with zero attached hydrogens (tertiary/aromatic N) is 1. The quantitative estimate of drug-likeness (QED) is 0.822. The first kappa shape index (κ1) is 15.0. The molecule has 0 aliphatic carbocycles. The lowest BCUT2D eigenvalue weighted by atomic mass is 10.0. The van der Waals surface area contributed by atoms with Gasteiger partial charge in [-0.3, -0.25) is 4.79 Å². The maximum absolute atomic E-state index is 14.0. The Kier molecular flexibility index (Phi) is 4.44. The van der Waals surface area contributed by atoms with Crippen molar-refractivity contribution in [1.82, 2.24) is 4.90 Å². The smallest absolute Gasteiger partial charge is 0.227 e. The van der Waals surface area contributed by atoms with Gasteiger partial charge in [-0.2, -0.15) is 0 Å². The van der Waals surface area contributed by atoms with Gasteiger partial charge in [0.1, 0.15) is 5.82 Å². The first-order valence-electron chi connectivity index (χ1n) is 7.43. The second kappa shape index (κ2) is 6.49. The predicted molar refractivity (Wildman–Crippen MR) is 85.2 cm³/mol. The fourth-order valence-electron chi connectivity index (χ4n) is 3.06. The molecule has 1 atom stereocenters. The number of hydrogen-bond donors (Lipinski definition) is 0. The second-order valence-electron chi connectivity index (χ2n) is 5.57. The van der Waals surface area contributed by atoms with Crippen LogP contribution >= 0.6 is 11.6 Å². The molecule has 0 N–H and O–H groups in total. The molecule has 0 bridgehead atoms. The minimum Gasteiger partial charge on any atom is -0.335 e. The van der Waals surface area contributed by atoms with Gasteiger partial charge in [-0.05, 0) is 36.6 Å². The van der Waals surface area contributed by atoms with Crippen molar-refractivity contribution >= 4 is 17.5 Å². The van der Waals surface area contributed by atoms with Crippen LogP contribution in [0.15, 0.2) is 48.5 Å². The van der Waals surface area contributed by atoms with Gasteiger partial charge in [-0.25, -0.2) is 4.39 Å². The van der Waals surface area contributed by atoms with Crippen molar-refractivity contribution in [2.45, 2.75) is 25.3 Å². The average molecular weight is 318 g/mol. The molecular formula is C18H17ClFNO. The van der Waals surface area contributed by atoms with Gasteiger partial charge in [0.25, 0.3) is 0 Å². The molecule has 114 valence electrons. The molecule has 0 radical (unpaired) electrons. The van der Waals surface area contributed by atoms with Crippen molar-refractivity contribution in [2.75, 3.05) is 6.54 Å². The van der Waals surface area contributed by atoms with Crippen LogP contribution in [-0.4, -0.2) is 17.4 Å². The first-order valence-corrected chi connectivity index (χ1v) is 7.81. The van der Waals surface area contributed by atoms with E-state index in [4.69, 9.17) is 11.6 Å². The summed E-state index contributed by atoms with van der Waals surface area (Å²) in [4.78, 5) is 14.4. The van der Waals surface area contributed by atoms with Gasteiger partial charge in [-0.15, -0.1) is 0 Å². The third kappa shape index (κ3) is 3.14. The highest BCUT2D eigenvalue weighted by Crippen LogP contribution is 2.33. The van der Waals surface area contributed by atoms with E-state index in [0.717, 1.165) is 18.4 Å². The molecule has 1 fully saturated rings. The molecule has 0 saturated carbocycles. The highest BCUT2D eigenvalue weighted by Gasteiger charge is 2.31. The summed E-state index contributed by atoms with van der Waals surface area (Å²) in [5, 5.41) is 0.623. The molecule has 0 aromatic heterocycles. The second-order valence-corrected chi connectivity index (χ2v) is 6.01. The zero-order valence-electron chi connectivity index (χ0n) is 12.1. The van der Waals surface area contributed by atoms with Crippen molar-refractivity contribution < 1.29 is 9.18 Å².